The van der Waals surface area contributed by atoms with E-state index in [9.17, 15) is 9.59 Å². The first-order valence-electron chi connectivity index (χ1n) is 11.5. The number of anilines is 1. The fraction of sp³-hybridized carbons (Fsp3) is 0.385. The minimum atomic E-state index is -0.443. The molecule has 3 aromatic rings. The number of methoxy groups -OCH3 is 2. The molecule has 2 heterocycles. The summed E-state index contributed by atoms with van der Waals surface area (Å²) in [6.45, 7) is 4.47. The summed E-state index contributed by atoms with van der Waals surface area (Å²) in [5, 5.41) is 4.25. The molecule has 180 valence electrons. The van der Waals surface area contributed by atoms with Gasteiger partial charge in [-0.15, -0.1) is 0 Å². The first kappa shape index (κ1) is 23.5. The molecule has 4 rings (SSSR count). The number of para-hydroxylation sites is 1. The standard InChI is InChI=1S/C26H31N3O5/c1-5-34-26(31)29-16(2)12-20(19-13-23(32-3)24(33-4)14-22(19)29)25(30)27-11-10-17-15-28-21-9-7-6-8-18(17)21/h6-9,13-16,20,28H,5,10-12H2,1-4H3,(H,27,30). The molecule has 1 aromatic heterocycles. The highest BCUT2D eigenvalue weighted by Gasteiger charge is 2.38. The second-order valence-corrected chi connectivity index (χ2v) is 8.37. The van der Waals surface area contributed by atoms with Gasteiger partial charge in [-0.05, 0) is 49.9 Å². The molecule has 0 spiro atoms. The normalized spacial score (nSPS) is 17.2. The van der Waals surface area contributed by atoms with Gasteiger partial charge in [-0.25, -0.2) is 4.79 Å². The van der Waals surface area contributed by atoms with Crippen molar-refractivity contribution in [3.05, 3.63) is 53.7 Å². The monoisotopic (exact) mass is 465 g/mol. The van der Waals surface area contributed by atoms with Crippen molar-refractivity contribution in [1.82, 2.24) is 10.3 Å². The molecule has 2 atom stereocenters. The first-order chi connectivity index (χ1) is 16.5. The number of ether oxygens (including phenoxy) is 3. The highest BCUT2D eigenvalue weighted by molar-refractivity contribution is 5.95. The van der Waals surface area contributed by atoms with Crippen molar-refractivity contribution in [2.45, 2.75) is 38.6 Å². The van der Waals surface area contributed by atoms with E-state index in [1.165, 1.54) is 0 Å². The molecule has 1 aliphatic heterocycles. The van der Waals surface area contributed by atoms with Gasteiger partial charge in [0.25, 0.3) is 0 Å². The lowest BCUT2D eigenvalue weighted by atomic mass is 9.85. The number of hydrogen-bond acceptors (Lipinski definition) is 5. The molecule has 2 amide bonds. The van der Waals surface area contributed by atoms with E-state index in [0.29, 0.717) is 42.1 Å². The van der Waals surface area contributed by atoms with Crippen molar-refractivity contribution < 1.29 is 23.8 Å². The SMILES string of the molecule is CCOC(=O)N1c2cc(OC)c(OC)cc2C(C(=O)NCCc2c[nH]c3ccccc23)CC1C. The molecule has 8 nitrogen and oxygen atoms in total. The summed E-state index contributed by atoms with van der Waals surface area (Å²) in [6, 6.07) is 11.4. The van der Waals surface area contributed by atoms with Crippen LogP contribution in [0.25, 0.3) is 10.9 Å². The minimum Gasteiger partial charge on any atom is -0.493 e. The quantitative estimate of drug-likeness (QED) is 0.540. The number of H-pyrrole nitrogens is 1. The summed E-state index contributed by atoms with van der Waals surface area (Å²) in [4.78, 5) is 30.9. The van der Waals surface area contributed by atoms with Crippen LogP contribution in [0.4, 0.5) is 10.5 Å². The lowest BCUT2D eigenvalue weighted by Crippen LogP contribution is -2.46. The van der Waals surface area contributed by atoms with Gasteiger partial charge in [-0.2, -0.15) is 0 Å². The molecule has 0 aliphatic carbocycles. The Labute approximate surface area is 199 Å². The smallest absolute Gasteiger partial charge is 0.414 e. The summed E-state index contributed by atoms with van der Waals surface area (Å²) in [7, 11) is 3.09. The Morgan fingerprint density at radius 1 is 1.15 bits per heavy atom. The van der Waals surface area contributed by atoms with Crippen molar-refractivity contribution >= 4 is 28.6 Å². The van der Waals surface area contributed by atoms with Crippen LogP contribution in [0.5, 0.6) is 11.5 Å². The Balaban J connectivity index is 1.57. The van der Waals surface area contributed by atoms with Crippen molar-refractivity contribution in [2.24, 2.45) is 0 Å². The Morgan fingerprint density at radius 2 is 1.88 bits per heavy atom. The number of nitrogens with one attached hydrogen (secondary N) is 2. The third-order valence-corrected chi connectivity index (χ3v) is 6.33. The van der Waals surface area contributed by atoms with Crippen LogP contribution in [-0.4, -0.2) is 50.4 Å². The van der Waals surface area contributed by atoms with Crippen molar-refractivity contribution in [3.63, 3.8) is 0 Å². The second-order valence-electron chi connectivity index (χ2n) is 8.37. The number of benzene rings is 2. The largest absolute Gasteiger partial charge is 0.493 e. The van der Waals surface area contributed by atoms with Gasteiger partial charge in [0, 0.05) is 35.8 Å². The van der Waals surface area contributed by atoms with Gasteiger partial charge in [0.05, 0.1) is 32.4 Å². The summed E-state index contributed by atoms with van der Waals surface area (Å²) < 4.78 is 16.2. The maximum absolute atomic E-state index is 13.3. The van der Waals surface area contributed by atoms with Crippen molar-refractivity contribution in [2.75, 3.05) is 32.3 Å². The number of aromatic amines is 1. The van der Waals surface area contributed by atoms with Crippen LogP contribution >= 0.6 is 0 Å². The highest BCUT2D eigenvalue weighted by atomic mass is 16.6. The van der Waals surface area contributed by atoms with E-state index in [1.807, 2.05) is 31.3 Å². The molecule has 1 aliphatic rings. The topological polar surface area (TPSA) is 92.9 Å². The molecule has 0 radical (unpaired) electrons. The zero-order valence-electron chi connectivity index (χ0n) is 20.0. The van der Waals surface area contributed by atoms with E-state index in [-0.39, 0.29) is 18.6 Å². The molecular formula is C26H31N3O5. The molecular weight excluding hydrogens is 434 g/mol. The fourth-order valence-corrected chi connectivity index (χ4v) is 4.68. The van der Waals surface area contributed by atoms with E-state index in [0.717, 1.165) is 16.5 Å². The first-order valence-corrected chi connectivity index (χ1v) is 11.5. The molecule has 34 heavy (non-hydrogen) atoms. The van der Waals surface area contributed by atoms with Gasteiger partial charge in [-0.1, -0.05) is 18.2 Å². The third kappa shape index (κ3) is 4.40. The van der Waals surface area contributed by atoms with Crippen LogP contribution in [0.1, 0.15) is 37.3 Å². The highest BCUT2D eigenvalue weighted by Crippen LogP contribution is 2.44. The van der Waals surface area contributed by atoms with Gasteiger partial charge >= 0.3 is 6.09 Å². The van der Waals surface area contributed by atoms with Gasteiger partial charge in [0.15, 0.2) is 11.5 Å². The number of carbonyl (C=O) groups excluding carboxylic acids is 2. The average molecular weight is 466 g/mol. The zero-order valence-corrected chi connectivity index (χ0v) is 20.0. The molecule has 0 bridgehead atoms. The number of fused-ring (bicyclic) bond motifs is 2. The summed E-state index contributed by atoms with van der Waals surface area (Å²) in [5.74, 6) is 0.487. The minimum absolute atomic E-state index is 0.0799. The van der Waals surface area contributed by atoms with Crippen molar-refractivity contribution in [3.8, 4) is 11.5 Å². The van der Waals surface area contributed by atoms with Crippen LogP contribution in [0.3, 0.4) is 0 Å². The van der Waals surface area contributed by atoms with Gasteiger partial charge in [-0.3, -0.25) is 9.69 Å². The molecule has 0 saturated heterocycles. The van der Waals surface area contributed by atoms with E-state index < -0.39 is 12.0 Å². The van der Waals surface area contributed by atoms with Crippen LogP contribution in [0.2, 0.25) is 0 Å². The van der Waals surface area contributed by atoms with Crippen molar-refractivity contribution in [1.29, 1.82) is 0 Å². The summed E-state index contributed by atoms with van der Waals surface area (Å²) in [6.07, 6.45) is 2.73. The average Bonchev–Trinajstić information content (AvgIpc) is 3.25. The Hall–Kier alpha value is -3.68. The number of rotatable bonds is 7. The van der Waals surface area contributed by atoms with Gasteiger partial charge < -0.3 is 24.5 Å². The van der Waals surface area contributed by atoms with Crippen LogP contribution in [0, 0.1) is 0 Å². The Morgan fingerprint density at radius 3 is 2.62 bits per heavy atom. The summed E-state index contributed by atoms with van der Waals surface area (Å²) >= 11 is 0. The molecule has 0 saturated carbocycles. The maximum Gasteiger partial charge on any atom is 0.414 e. The zero-order chi connectivity index (χ0) is 24.2. The van der Waals surface area contributed by atoms with E-state index >= 15 is 0 Å². The number of hydrogen-bond donors (Lipinski definition) is 2. The molecule has 8 heteroatoms. The molecule has 2 unspecified atom stereocenters. The molecule has 0 fully saturated rings. The molecule has 2 N–H and O–H groups in total. The number of amides is 2. The number of aromatic nitrogens is 1. The fourth-order valence-electron chi connectivity index (χ4n) is 4.68. The van der Waals surface area contributed by atoms with Crippen LogP contribution in [-0.2, 0) is 16.0 Å². The maximum atomic E-state index is 13.3. The van der Waals surface area contributed by atoms with E-state index in [1.54, 1.807) is 38.2 Å². The van der Waals surface area contributed by atoms with E-state index in [2.05, 4.69) is 16.4 Å². The lowest BCUT2D eigenvalue weighted by Gasteiger charge is -2.38. The number of nitrogens with zero attached hydrogens (tertiary/aromatic N) is 1. The van der Waals surface area contributed by atoms with E-state index in [4.69, 9.17) is 14.2 Å². The predicted octanol–water partition coefficient (Wildman–Crippen LogP) is 4.38. The van der Waals surface area contributed by atoms with Crippen LogP contribution < -0.4 is 19.7 Å². The lowest BCUT2D eigenvalue weighted by molar-refractivity contribution is -0.122. The second kappa shape index (κ2) is 10.1. The Bertz CT molecular complexity index is 1190. The summed E-state index contributed by atoms with van der Waals surface area (Å²) in [5.41, 5.74) is 3.56. The third-order valence-electron chi connectivity index (χ3n) is 6.33. The predicted molar refractivity (Wildman–Crippen MR) is 131 cm³/mol. The van der Waals surface area contributed by atoms with Gasteiger partial charge in [0.2, 0.25) is 5.91 Å². The number of carbonyl (C=O) groups is 2. The van der Waals surface area contributed by atoms with Crippen LogP contribution in [0.15, 0.2) is 42.6 Å². The molecule has 2 aromatic carbocycles. The van der Waals surface area contributed by atoms with Gasteiger partial charge in [0.1, 0.15) is 0 Å². The Kier molecular flexibility index (Phi) is 6.95.